The largest absolute Gasteiger partial charge is 0.489 e. The molecule has 0 radical (unpaired) electrons. The molecule has 0 aliphatic heterocycles. The summed E-state index contributed by atoms with van der Waals surface area (Å²) in [6, 6.07) is 9.58. The molecular formula is C19H23N5O2. The molecule has 7 nitrogen and oxygen atoms in total. The summed E-state index contributed by atoms with van der Waals surface area (Å²) in [5, 5.41) is 7.03. The zero-order chi connectivity index (χ0) is 18.7. The van der Waals surface area contributed by atoms with Gasteiger partial charge in [0.1, 0.15) is 23.9 Å². The van der Waals surface area contributed by atoms with Crippen molar-refractivity contribution in [2.75, 3.05) is 6.54 Å². The third kappa shape index (κ3) is 3.99. The molecule has 0 spiro atoms. The molecular weight excluding hydrogens is 330 g/mol. The maximum atomic E-state index is 12.5. The van der Waals surface area contributed by atoms with Crippen molar-refractivity contribution in [3.63, 3.8) is 0 Å². The molecule has 1 N–H and O–H groups in total. The molecule has 2 heterocycles. The lowest BCUT2D eigenvalue weighted by atomic mass is 10.1. The number of carbonyl (C=O) groups excluding carboxylic acids is 1. The van der Waals surface area contributed by atoms with E-state index in [1.54, 1.807) is 10.6 Å². The minimum atomic E-state index is -0.253. The minimum absolute atomic E-state index is 0.164. The van der Waals surface area contributed by atoms with Gasteiger partial charge in [0.15, 0.2) is 0 Å². The molecule has 3 rings (SSSR count). The molecule has 2 aromatic heterocycles. The van der Waals surface area contributed by atoms with E-state index >= 15 is 0 Å². The molecule has 1 amide bonds. The van der Waals surface area contributed by atoms with Crippen LogP contribution in [0.15, 0.2) is 36.7 Å². The average Bonchev–Trinajstić information content (AvgIpc) is 3.09. The predicted octanol–water partition coefficient (Wildman–Crippen LogP) is 2.75. The number of ether oxygens (including phenoxy) is 1. The molecule has 0 unspecified atom stereocenters. The van der Waals surface area contributed by atoms with Crippen molar-refractivity contribution in [1.29, 1.82) is 0 Å². The fraction of sp³-hybridized carbons (Fsp3) is 0.368. The quantitative estimate of drug-likeness (QED) is 0.737. The Morgan fingerprint density at radius 2 is 1.96 bits per heavy atom. The van der Waals surface area contributed by atoms with E-state index in [1.807, 2.05) is 52.0 Å². The summed E-state index contributed by atoms with van der Waals surface area (Å²) in [6.07, 6.45) is 1.27. The normalized spacial score (nSPS) is 12.3. The lowest BCUT2D eigenvalue weighted by Crippen LogP contribution is -2.34. The highest BCUT2D eigenvalue weighted by atomic mass is 16.5. The molecule has 0 aliphatic rings. The van der Waals surface area contributed by atoms with Crippen molar-refractivity contribution in [3.05, 3.63) is 53.6 Å². The maximum absolute atomic E-state index is 12.5. The van der Waals surface area contributed by atoms with E-state index in [0.29, 0.717) is 18.0 Å². The summed E-state index contributed by atoms with van der Waals surface area (Å²) >= 11 is 0. The Balaban J connectivity index is 1.66. The molecule has 0 saturated carbocycles. The van der Waals surface area contributed by atoms with Crippen LogP contribution in [0, 0.1) is 6.92 Å². The Morgan fingerprint density at radius 3 is 2.65 bits per heavy atom. The first-order valence-corrected chi connectivity index (χ1v) is 8.66. The number of hydrogen-bond donors (Lipinski definition) is 1. The number of amides is 1. The Hall–Kier alpha value is -2.96. The van der Waals surface area contributed by atoms with Crippen LogP contribution >= 0.6 is 0 Å². The van der Waals surface area contributed by atoms with Crippen LogP contribution in [0.2, 0.25) is 0 Å². The van der Waals surface area contributed by atoms with Crippen molar-refractivity contribution in [3.8, 4) is 5.75 Å². The van der Waals surface area contributed by atoms with E-state index in [9.17, 15) is 4.79 Å². The summed E-state index contributed by atoms with van der Waals surface area (Å²) in [5.74, 6) is 1.14. The van der Waals surface area contributed by atoms with Gasteiger partial charge in [0.05, 0.1) is 12.2 Å². The van der Waals surface area contributed by atoms with Crippen molar-refractivity contribution < 1.29 is 9.53 Å². The number of carbonyl (C=O) groups is 1. The van der Waals surface area contributed by atoms with E-state index in [-0.39, 0.29) is 17.9 Å². The molecule has 1 atom stereocenters. The third-order valence-corrected chi connectivity index (χ3v) is 4.01. The summed E-state index contributed by atoms with van der Waals surface area (Å²) in [4.78, 5) is 20.9. The number of aromatic nitrogens is 4. The second-order valence-electron chi connectivity index (χ2n) is 6.64. The zero-order valence-corrected chi connectivity index (χ0v) is 15.4. The first-order chi connectivity index (χ1) is 12.4. The number of aryl methyl sites for hydroxylation is 1. The van der Waals surface area contributed by atoms with Crippen LogP contribution in [0.3, 0.4) is 0 Å². The van der Waals surface area contributed by atoms with Gasteiger partial charge in [-0.25, -0.2) is 9.50 Å². The van der Waals surface area contributed by atoms with Gasteiger partial charge in [-0.05, 0) is 38.0 Å². The number of hydrogen-bond acceptors (Lipinski definition) is 5. The lowest BCUT2D eigenvalue weighted by Gasteiger charge is -2.16. The molecule has 0 bridgehead atoms. The van der Waals surface area contributed by atoms with Crippen LogP contribution in [-0.2, 0) is 0 Å². The van der Waals surface area contributed by atoms with E-state index < -0.39 is 0 Å². The van der Waals surface area contributed by atoms with Crippen LogP contribution in [-0.4, -0.2) is 38.1 Å². The molecule has 136 valence electrons. The fourth-order valence-corrected chi connectivity index (χ4v) is 2.58. The standard InChI is InChI=1S/C19H23N5O2/c1-12(2)17-9-16(23-19-21-11-22-24(17)19)18(25)20-10-14(4)26-15-7-5-13(3)6-8-15/h5-9,11-12,14H,10H2,1-4H3,(H,20,25)/t14-/m0/s1. The van der Waals surface area contributed by atoms with Crippen molar-refractivity contribution in [1.82, 2.24) is 24.9 Å². The zero-order valence-electron chi connectivity index (χ0n) is 15.4. The highest BCUT2D eigenvalue weighted by Crippen LogP contribution is 2.16. The Kier molecular flexibility index (Phi) is 5.16. The Morgan fingerprint density at radius 1 is 1.23 bits per heavy atom. The Bertz CT molecular complexity index is 902. The van der Waals surface area contributed by atoms with Crippen molar-refractivity contribution in [2.45, 2.75) is 39.7 Å². The number of nitrogens with zero attached hydrogens (tertiary/aromatic N) is 4. The monoisotopic (exact) mass is 353 g/mol. The summed E-state index contributed by atoms with van der Waals surface area (Å²) in [5.41, 5.74) is 2.40. The molecule has 0 saturated heterocycles. The first-order valence-electron chi connectivity index (χ1n) is 8.66. The van der Waals surface area contributed by atoms with Crippen LogP contribution in [0.25, 0.3) is 5.78 Å². The van der Waals surface area contributed by atoms with Gasteiger partial charge >= 0.3 is 0 Å². The molecule has 0 aliphatic carbocycles. The molecule has 26 heavy (non-hydrogen) atoms. The van der Waals surface area contributed by atoms with Crippen LogP contribution < -0.4 is 10.1 Å². The van der Waals surface area contributed by atoms with Gasteiger partial charge in [-0.2, -0.15) is 10.1 Å². The highest BCUT2D eigenvalue weighted by molar-refractivity contribution is 5.92. The second-order valence-corrected chi connectivity index (χ2v) is 6.64. The number of nitrogens with one attached hydrogen (secondary N) is 1. The topological polar surface area (TPSA) is 81.4 Å². The number of fused-ring (bicyclic) bond motifs is 1. The van der Waals surface area contributed by atoms with Gasteiger partial charge in [0.25, 0.3) is 11.7 Å². The van der Waals surface area contributed by atoms with Crippen LogP contribution in [0.5, 0.6) is 5.75 Å². The lowest BCUT2D eigenvalue weighted by molar-refractivity contribution is 0.0927. The van der Waals surface area contributed by atoms with E-state index in [2.05, 4.69) is 20.4 Å². The average molecular weight is 353 g/mol. The van der Waals surface area contributed by atoms with E-state index in [4.69, 9.17) is 4.74 Å². The summed E-state index contributed by atoms with van der Waals surface area (Å²) in [7, 11) is 0. The second kappa shape index (κ2) is 7.51. The van der Waals surface area contributed by atoms with Crippen LogP contribution in [0.1, 0.15) is 48.4 Å². The highest BCUT2D eigenvalue weighted by Gasteiger charge is 2.16. The molecule has 3 aromatic rings. The van der Waals surface area contributed by atoms with E-state index in [1.165, 1.54) is 11.9 Å². The molecule has 0 fully saturated rings. The first kappa shape index (κ1) is 17.8. The van der Waals surface area contributed by atoms with Gasteiger partial charge in [-0.15, -0.1) is 0 Å². The smallest absolute Gasteiger partial charge is 0.270 e. The van der Waals surface area contributed by atoms with Gasteiger partial charge < -0.3 is 10.1 Å². The number of benzene rings is 1. The SMILES string of the molecule is Cc1ccc(O[C@@H](C)CNC(=O)c2cc(C(C)C)n3ncnc3n2)cc1. The summed E-state index contributed by atoms with van der Waals surface area (Å²) in [6.45, 7) is 8.39. The summed E-state index contributed by atoms with van der Waals surface area (Å²) < 4.78 is 7.47. The third-order valence-electron chi connectivity index (χ3n) is 4.01. The minimum Gasteiger partial charge on any atom is -0.489 e. The van der Waals surface area contributed by atoms with E-state index in [0.717, 1.165) is 11.4 Å². The molecule has 1 aromatic carbocycles. The maximum Gasteiger partial charge on any atom is 0.270 e. The van der Waals surface area contributed by atoms with Crippen LogP contribution in [0.4, 0.5) is 0 Å². The fourth-order valence-electron chi connectivity index (χ4n) is 2.58. The van der Waals surface area contributed by atoms with Gasteiger partial charge in [-0.1, -0.05) is 31.5 Å². The Labute approximate surface area is 152 Å². The van der Waals surface area contributed by atoms with Gasteiger partial charge in [-0.3, -0.25) is 4.79 Å². The predicted molar refractivity (Wildman–Crippen MR) is 98.5 cm³/mol. The molecule has 7 heteroatoms. The number of rotatable bonds is 6. The van der Waals surface area contributed by atoms with Crippen molar-refractivity contribution >= 4 is 11.7 Å². The van der Waals surface area contributed by atoms with Gasteiger partial charge in [0, 0.05) is 0 Å². The van der Waals surface area contributed by atoms with Gasteiger partial charge in [0.2, 0.25) is 0 Å². The van der Waals surface area contributed by atoms with Crippen molar-refractivity contribution in [2.24, 2.45) is 0 Å².